The van der Waals surface area contributed by atoms with Crippen molar-refractivity contribution in [3.63, 3.8) is 0 Å². The Balaban J connectivity index is 1.72. The maximum atomic E-state index is 12.7. The van der Waals surface area contributed by atoms with Crippen molar-refractivity contribution >= 4 is 17.4 Å². The molecular weight excluding hydrogens is 362 g/mol. The molecule has 0 radical (unpaired) electrons. The van der Waals surface area contributed by atoms with E-state index in [0.717, 1.165) is 27.8 Å². The minimum absolute atomic E-state index is 0.200. The molecule has 1 aliphatic rings. The van der Waals surface area contributed by atoms with Gasteiger partial charge < -0.3 is 15.4 Å². The Morgan fingerprint density at radius 1 is 1.15 bits per heavy atom. The summed E-state index contributed by atoms with van der Waals surface area (Å²) in [5.41, 5.74) is 10.2. The number of aliphatic imine (C=N–C) groups is 1. The Morgan fingerprint density at radius 3 is 2.70 bits per heavy atom. The van der Waals surface area contributed by atoms with Crippen molar-refractivity contribution in [3.8, 4) is 11.1 Å². The topological polar surface area (TPSA) is 80.6 Å². The predicted molar refractivity (Wildman–Crippen MR) is 107 cm³/mol. The second-order valence-corrected chi connectivity index (χ2v) is 6.92. The van der Waals surface area contributed by atoms with Crippen LogP contribution in [0.5, 0.6) is 0 Å². The van der Waals surface area contributed by atoms with Crippen molar-refractivity contribution in [2.24, 2.45) is 10.7 Å². The molecule has 0 spiro atoms. The van der Waals surface area contributed by atoms with Crippen LogP contribution < -0.4 is 11.3 Å². The van der Waals surface area contributed by atoms with Crippen molar-refractivity contribution in [1.29, 1.82) is 0 Å². The number of pyridine rings is 1. The first-order valence-electron chi connectivity index (χ1n) is 8.59. The van der Waals surface area contributed by atoms with Gasteiger partial charge in [0.15, 0.2) is 0 Å². The molecule has 1 aliphatic heterocycles. The average molecular weight is 380 g/mol. The highest BCUT2D eigenvalue weighted by Crippen LogP contribution is 2.26. The lowest BCUT2D eigenvalue weighted by atomic mass is 10.00. The van der Waals surface area contributed by atoms with Gasteiger partial charge in [-0.2, -0.15) is 0 Å². The summed E-state index contributed by atoms with van der Waals surface area (Å²) in [7, 11) is 0. The zero-order valence-corrected chi connectivity index (χ0v) is 15.2. The third kappa shape index (κ3) is 3.27. The van der Waals surface area contributed by atoms with Gasteiger partial charge in [0.25, 0.3) is 5.56 Å². The molecule has 0 saturated heterocycles. The number of nitrogens with two attached hydrogens (primary N) is 1. The van der Waals surface area contributed by atoms with Crippen LogP contribution in [-0.4, -0.2) is 22.1 Å². The van der Waals surface area contributed by atoms with Gasteiger partial charge in [-0.05, 0) is 46.5 Å². The van der Waals surface area contributed by atoms with E-state index in [-0.39, 0.29) is 12.2 Å². The molecule has 1 atom stereocenters. The first-order chi connectivity index (χ1) is 13.1. The summed E-state index contributed by atoms with van der Waals surface area (Å²) < 4.78 is 1.51. The number of fused-ring (bicyclic) bond motifs is 1. The fourth-order valence-corrected chi connectivity index (χ4v) is 3.58. The van der Waals surface area contributed by atoms with Gasteiger partial charge in [-0.15, -0.1) is 0 Å². The van der Waals surface area contributed by atoms with E-state index in [1.165, 1.54) is 4.57 Å². The highest BCUT2D eigenvalue weighted by atomic mass is 35.5. The molecule has 2 heterocycles. The van der Waals surface area contributed by atoms with Crippen molar-refractivity contribution < 1.29 is 5.11 Å². The molecule has 136 valence electrons. The quantitative estimate of drug-likeness (QED) is 0.731. The molecule has 0 amide bonds. The number of halogens is 1. The van der Waals surface area contributed by atoms with E-state index < -0.39 is 6.04 Å². The molecule has 0 bridgehead atoms. The number of hydrogen-bond acceptors (Lipinski definition) is 4. The molecule has 1 aromatic heterocycles. The first kappa shape index (κ1) is 17.5. The van der Waals surface area contributed by atoms with Crippen LogP contribution in [0.2, 0.25) is 5.02 Å². The van der Waals surface area contributed by atoms with Crippen LogP contribution in [0.3, 0.4) is 0 Å². The van der Waals surface area contributed by atoms with Crippen molar-refractivity contribution in [1.82, 2.24) is 4.57 Å². The Morgan fingerprint density at radius 2 is 1.96 bits per heavy atom. The average Bonchev–Trinajstić information content (AvgIpc) is 3.04. The molecule has 3 aromatic rings. The number of hydrogen-bond donors (Lipinski definition) is 2. The van der Waals surface area contributed by atoms with Gasteiger partial charge in [-0.25, -0.2) is 0 Å². The highest BCUT2D eigenvalue weighted by Gasteiger charge is 2.17. The molecule has 3 N–H and O–H groups in total. The van der Waals surface area contributed by atoms with Crippen LogP contribution in [0.4, 0.5) is 0 Å². The standard InChI is InChI=1S/C21H18ClN3O2/c22-17-3-1-2-15(8-17)19(12-26)25-7-6-14(10-20(25)27)13-4-5-16-11-24-21(23)18(16)9-13/h1-10,19,26H,11-12H2,(H2,23,24)/t19-/m1/s1. The van der Waals surface area contributed by atoms with Gasteiger partial charge in [0.2, 0.25) is 0 Å². The third-order valence-electron chi connectivity index (χ3n) is 4.83. The molecule has 0 unspecified atom stereocenters. The summed E-state index contributed by atoms with van der Waals surface area (Å²) in [6.45, 7) is 0.395. The Hall–Kier alpha value is -2.89. The molecule has 0 fully saturated rings. The maximum Gasteiger partial charge on any atom is 0.251 e. The molecule has 0 aliphatic carbocycles. The Labute approximate surface area is 161 Å². The lowest BCUT2D eigenvalue weighted by Crippen LogP contribution is -2.26. The molecule has 2 aromatic carbocycles. The van der Waals surface area contributed by atoms with E-state index in [4.69, 9.17) is 17.3 Å². The zero-order chi connectivity index (χ0) is 19.0. The van der Waals surface area contributed by atoms with E-state index >= 15 is 0 Å². The lowest BCUT2D eigenvalue weighted by Gasteiger charge is -2.18. The minimum atomic E-state index is -0.493. The molecule has 4 rings (SSSR count). The fraction of sp³-hybridized carbons (Fsp3) is 0.143. The summed E-state index contributed by atoms with van der Waals surface area (Å²) >= 11 is 6.05. The number of benzene rings is 2. The summed E-state index contributed by atoms with van der Waals surface area (Å²) in [4.78, 5) is 17.0. The summed E-state index contributed by atoms with van der Waals surface area (Å²) in [6, 6.07) is 16.0. The minimum Gasteiger partial charge on any atom is -0.394 e. The smallest absolute Gasteiger partial charge is 0.251 e. The number of aliphatic hydroxyl groups is 1. The molecule has 6 heteroatoms. The van der Waals surface area contributed by atoms with E-state index in [1.807, 2.05) is 30.3 Å². The number of rotatable bonds is 4. The zero-order valence-electron chi connectivity index (χ0n) is 14.5. The Kier molecular flexibility index (Phi) is 4.56. The molecule has 5 nitrogen and oxygen atoms in total. The van der Waals surface area contributed by atoms with Crippen molar-refractivity contribution in [2.75, 3.05) is 6.61 Å². The van der Waals surface area contributed by atoms with Crippen LogP contribution in [-0.2, 0) is 6.54 Å². The van der Waals surface area contributed by atoms with E-state index in [2.05, 4.69) is 4.99 Å². The lowest BCUT2D eigenvalue weighted by molar-refractivity contribution is 0.247. The van der Waals surface area contributed by atoms with Crippen LogP contribution in [0.1, 0.15) is 22.7 Å². The van der Waals surface area contributed by atoms with Gasteiger partial charge in [0.1, 0.15) is 5.84 Å². The number of aromatic nitrogens is 1. The molecule has 27 heavy (non-hydrogen) atoms. The van der Waals surface area contributed by atoms with Crippen LogP contribution in [0.25, 0.3) is 11.1 Å². The van der Waals surface area contributed by atoms with Crippen molar-refractivity contribution in [2.45, 2.75) is 12.6 Å². The monoisotopic (exact) mass is 379 g/mol. The predicted octanol–water partition coefficient (Wildman–Crippen LogP) is 2.97. The first-order valence-corrected chi connectivity index (χ1v) is 8.97. The summed E-state index contributed by atoms with van der Waals surface area (Å²) in [6.07, 6.45) is 1.70. The van der Waals surface area contributed by atoms with Gasteiger partial charge in [-0.3, -0.25) is 9.79 Å². The molecular formula is C21H18ClN3O2. The van der Waals surface area contributed by atoms with Crippen LogP contribution in [0, 0.1) is 0 Å². The van der Waals surface area contributed by atoms with E-state index in [0.29, 0.717) is 17.4 Å². The van der Waals surface area contributed by atoms with Gasteiger partial charge in [0.05, 0.1) is 19.2 Å². The SMILES string of the molecule is NC1=NCc2ccc(-c3ccn([C@H](CO)c4cccc(Cl)c4)c(=O)c3)cc21. The van der Waals surface area contributed by atoms with Gasteiger partial charge in [-0.1, -0.05) is 35.9 Å². The second-order valence-electron chi connectivity index (χ2n) is 6.49. The number of amidine groups is 1. The normalized spacial score (nSPS) is 13.9. The Bertz CT molecular complexity index is 1100. The van der Waals surface area contributed by atoms with Crippen LogP contribution >= 0.6 is 11.6 Å². The maximum absolute atomic E-state index is 12.7. The van der Waals surface area contributed by atoms with E-state index in [1.54, 1.807) is 30.5 Å². The van der Waals surface area contributed by atoms with Crippen LogP contribution in [0.15, 0.2) is 70.6 Å². The number of aliphatic hydroxyl groups excluding tert-OH is 1. The summed E-state index contributed by atoms with van der Waals surface area (Å²) in [5, 5.41) is 10.4. The fourth-order valence-electron chi connectivity index (χ4n) is 3.38. The second kappa shape index (κ2) is 7.02. The van der Waals surface area contributed by atoms with E-state index in [9.17, 15) is 9.90 Å². The van der Waals surface area contributed by atoms with Gasteiger partial charge in [0, 0.05) is 22.8 Å². The van der Waals surface area contributed by atoms with Gasteiger partial charge >= 0.3 is 0 Å². The third-order valence-corrected chi connectivity index (χ3v) is 5.06. The molecule has 0 saturated carbocycles. The van der Waals surface area contributed by atoms with Crippen molar-refractivity contribution in [3.05, 3.63) is 92.9 Å². The number of nitrogens with zero attached hydrogens (tertiary/aromatic N) is 2. The summed E-state index contributed by atoms with van der Waals surface area (Å²) in [5.74, 6) is 0.529. The largest absolute Gasteiger partial charge is 0.394 e. The highest BCUT2D eigenvalue weighted by molar-refractivity contribution is 6.30.